The second-order valence-corrected chi connectivity index (χ2v) is 7.04. The van der Waals surface area contributed by atoms with Crippen LogP contribution in [0.5, 0.6) is 11.5 Å². The predicted molar refractivity (Wildman–Crippen MR) is 112 cm³/mol. The molecule has 11 heteroatoms. The fourth-order valence-electron chi connectivity index (χ4n) is 2.83. The van der Waals surface area contributed by atoms with Crippen LogP contribution in [0, 0.1) is 0 Å². The lowest BCUT2D eigenvalue weighted by Gasteiger charge is -2.18. The van der Waals surface area contributed by atoms with Crippen LogP contribution in [0.1, 0.15) is 23.0 Å². The van der Waals surface area contributed by atoms with Gasteiger partial charge in [-0.25, -0.2) is 4.68 Å². The number of hydrogen-bond donors (Lipinski definition) is 0. The number of hydrogen-bond acceptors (Lipinski definition) is 5. The quantitative estimate of drug-likeness (QED) is 0.349. The Morgan fingerprint density at radius 3 is 2.62 bits per heavy atom. The standard InChI is InChI=1S/C21H17ClF3N3O4/c1-12(20(30)27(3)14-7-8-16-17(9-14)32-11-31-16)5-4-6-13(2)28-19(22)15(10-29)18(26-28)21(23,24)25/h4-10H,2,11H2,1,3H3/b6-4-,12-5+. The van der Waals surface area contributed by atoms with E-state index in [-0.39, 0.29) is 24.7 Å². The van der Waals surface area contributed by atoms with Gasteiger partial charge in [0.25, 0.3) is 5.91 Å². The van der Waals surface area contributed by atoms with Gasteiger partial charge in [0.2, 0.25) is 6.79 Å². The number of amides is 1. The van der Waals surface area contributed by atoms with Crippen LogP contribution < -0.4 is 14.4 Å². The van der Waals surface area contributed by atoms with Crippen LogP contribution in [0.3, 0.4) is 0 Å². The molecule has 0 saturated heterocycles. The Bertz CT molecular complexity index is 1150. The van der Waals surface area contributed by atoms with E-state index in [0.717, 1.165) is 0 Å². The summed E-state index contributed by atoms with van der Waals surface area (Å²) in [5, 5.41) is 2.83. The molecule has 2 aromatic rings. The van der Waals surface area contributed by atoms with E-state index >= 15 is 0 Å². The number of carbonyl (C=O) groups excluding carboxylic acids is 2. The minimum atomic E-state index is -4.85. The van der Waals surface area contributed by atoms with Gasteiger partial charge in [0.1, 0.15) is 5.15 Å². The predicted octanol–water partition coefficient (Wildman–Crippen LogP) is 4.73. The molecule has 1 amide bonds. The number of likely N-dealkylation sites (N-methyl/N-ethyl adjacent to an activating group) is 1. The Morgan fingerprint density at radius 1 is 1.31 bits per heavy atom. The van der Waals surface area contributed by atoms with Crippen molar-refractivity contribution < 1.29 is 32.2 Å². The van der Waals surface area contributed by atoms with Gasteiger partial charge in [0, 0.05) is 24.4 Å². The first-order chi connectivity index (χ1) is 15.0. The molecule has 2 heterocycles. The number of nitrogens with zero attached hydrogens (tertiary/aromatic N) is 3. The number of rotatable bonds is 6. The summed E-state index contributed by atoms with van der Waals surface area (Å²) in [5.74, 6) is 0.801. The summed E-state index contributed by atoms with van der Waals surface area (Å²) < 4.78 is 50.3. The number of allylic oxidation sites excluding steroid dienone is 4. The van der Waals surface area contributed by atoms with Crippen molar-refractivity contribution in [3.63, 3.8) is 0 Å². The third kappa shape index (κ3) is 4.54. The summed E-state index contributed by atoms with van der Waals surface area (Å²) in [6.07, 6.45) is -0.683. The molecule has 32 heavy (non-hydrogen) atoms. The molecule has 1 aliphatic rings. The highest BCUT2D eigenvalue weighted by Gasteiger charge is 2.39. The van der Waals surface area contributed by atoms with E-state index in [1.54, 1.807) is 32.2 Å². The van der Waals surface area contributed by atoms with Crippen molar-refractivity contribution in [1.82, 2.24) is 9.78 Å². The maximum absolute atomic E-state index is 13.0. The number of fused-ring (bicyclic) bond motifs is 1. The molecule has 0 bridgehead atoms. The number of halogens is 4. The second-order valence-electron chi connectivity index (χ2n) is 6.68. The highest BCUT2D eigenvalue weighted by molar-refractivity contribution is 6.32. The summed E-state index contributed by atoms with van der Waals surface area (Å²) in [6, 6.07) is 5.08. The van der Waals surface area contributed by atoms with Gasteiger partial charge in [-0.1, -0.05) is 30.3 Å². The average Bonchev–Trinajstić information content (AvgIpc) is 3.35. The summed E-state index contributed by atoms with van der Waals surface area (Å²) in [5.41, 5.74) is -1.29. The van der Waals surface area contributed by atoms with E-state index in [9.17, 15) is 22.8 Å². The third-order valence-corrected chi connectivity index (χ3v) is 4.91. The zero-order valence-electron chi connectivity index (χ0n) is 16.9. The molecule has 0 unspecified atom stereocenters. The summed E-state index contributed by atoms with van der Waals surface area (Å²) in [4.78, 5) is 25.1. The number of anilines is 1. The Kier molecular flexibility index (Phi) is 6.45. The molecule has 0 fully saturated rings. The smallest absolute Gasteiger partial charge is 0.435 e. The first kappa shape index (κ1) is 23.1. The van der Waals surface area contributed by atoms with Gasteiger partial charge in [0.15, 0.2) is 23.5 Å². The van der Waals surface area contributed by atoms with Crippen molar-refractivity contribution in [3.8, 4) is 11.5 Å². The highest BCUT2D eigenvalue weighted by Crippen LogP contribution is 2.36. The lowest BCUT2D eigenvalue weighted by molar-refractivity contribution is -0.141. The molecule has 1 aromatic carbocycles. The van der Waals surface area contributed by atoms with Crippen LogP contribution in [-0.2, 0) is 11.0 Å². The molecular formula is C21H17ClF3N3O4. The van der Waals surface area contributed by atoms with E-state index in [4.69, 9.17) is 21.1 Å². The fourth-order valence-corrected chi connectivity index (χ4v) is 3.12. The van der Waals surface area contributed by atoms with Crippen molar-refractivity contribution >= 4 is 35.2 Å². The minimum Gasteiger partial charge on any atom is -0.454 e. The molecule has 0 atom stereocenters. The first-order valence-corrected chi connectivity index (χ1v) is 9.45. The molecule has 0 saturated carbocycles. The van der Waals surface area contributed by atoms with E-state index in [1.165, 1.54) is 23.1 Å². The topological polar surface area (TPSA) is 73.7 Å². The van der Waals surface area contributed by atoms with Crippen LogP contribution in [0.15, 0.2) is 48.6 Å². The van der Waals surface area contributed by atoms with Gasteiger partial charge in [-0.2, -0.15) is 18.3 Å². The lowest BCUT2D eigenvalue weighted by atomic mass is 10.2. The molecule has 0 radical (unpaired) electrons. The summed E-state index contributed by atoms with van der Waals surface area (Å²) in [6.45, 7) is 5.30. The van der Waals surface area contributed by atoms with E-state index in [0.29, 0.717) is 27.4 Å². The van der Waals surface area contributed by atoms with Gasteiger partial charge in [-0.15, -0.1) is 0 Å². The van der Waals surface area contributed by atoms with Crippen molar-refractivity contribution in [3.05, 3.63) is 65.0 Å². The van der Waals surface area contributed by atoms with Crippen LogP contribution in [0.25, 0.3) is 5.70 Å². The number of alkyl halides is 3. The zero-order chi connectivity index (χ0) is 23.6. The van der Waals surface area contributed by atoms with Crippen molar-refractivity contribution in [2.75, 3.05) is 18.7 Å². The van der Waals surface area contributed by atoms with Crippen molar-refractivity contribution in [2.45, 2.75) is 13.1 Å². The fraction of sp³-hybridized carbons (Fsp3) is 0.190. The van der Waals surface area contributed by atoms with Crippen LogP contribution >= 0.6 is 11.6 Å². The highest BCUT2D eigenvalue weighted by atomic mass is 35.5. The molecule has 0 spiro atoms. The number of carbonyl (C=O) groups is 2. The number of aromatic nitrogens is 2. The van der Waals surface area contributed by atoms with Gasteiger partial charge >= 0.3 is 6.18 Å². The summed E-state index contributed by atoms with van der Waals surface area (Å²) >= 11 is 5.85. The van der Waals surface area contributed by atoms with E-state index in [1.807, 2.05) is 0 Å². The van der Waals surface area contributed by atoms with Crippen molar-refractivity contribution in [1.29, 1.82) is 0 Å². The molecule has 168 valence electrons. The van der Waals surface area contributed by atoms with Crippen LogP contribution in [0.2, 0.25) is 5.15 Å². The van der Waals surface area contributed by atoms with Crippen LogP contribution in [-0.4, -0.2) is 35.8 Å². The number of benzene rings is 1. The third-order valence-electron chi connectivity index (χ3n) is 4.54. The van der Waals surface area contributed by atoms with Crippen molar-refractivity contribution in [2.24, 2.45) is 0 Å². The monoisotopic (exact) mass is 467 g/mol. The SMILES string of the molecule is C=C(/C=C\C=C(/C)C(=O)N(C)c1ccc2c(c1)OCO2)n1nc(C(F)(F)F)c(C=O)c1Cl. The van der Waals surface area contributed by atoms with Gasteiger partial charge in [-0.05, 0) is 25.1 Å². The minimum absolute atomic E-state index is 0.0136. The normalized spacial score (nSPS) is 13.5. The molecule has 7 nitrogen and oxygen atoms in total. The maximum Gasteiger partial charge on any atom is 0.435 e. The molecule has 3 rings (SSSR count). The Balaban J connectivity index is 1.75. The lowest BCUT2D eigenvalue weighted by Crippen LogP contribution is -2.26. The average molecular weight is 468 g/mol. The van der Waals surface area contributed by atoms with Crippen LogP contribution in [0.4, 0.5) is 18.9 Å². The van der Waals surface area contributed by atoms with Gasteiger partial charge < -0.3 is 14.4 Å². The van der Waals surface area contributed by atoms with Gasteiger partial charge in [0.05, 0.1) is 11.3 Å². The molecule has 1 aliphatic heterocycles. The number of aldehydes is 1. The zero-order valence-corrected chi connectivity index (χ0v) is 17.7. The Labute approximate surface area is 186 Å². The maximum atomic E-state index is 13.0. The molecule has 0 N–H and O–H groups in total. The Morgan fingerprint density at radius 2 is 2.00 bits per heavy atom. The summed E-state index contributed by atoms with van der Waals surface area (Å²) in [7, 11) is 1.59. The molecule has 1 aromatic heterocycles. The van der Waals surface area contributed by atoms with Gasteiger partial charge in [-0.3, -0.25) is 9.59 Å². The number of ether oxygens (including phenoxy) is 2. The molecular weight excluding hydrogens is 451 g/mol. The van der Waals surface area contributed by atoms with E-state index < -0.39 is 22.6 Å². The Hall–Kier alpha value is -3.53. The first-order valence-electron chi connectivity index (χ1n) is 9.07. The molecule has 0 aliphatic carbocycles. The largest absolute Gasteiger partial charge is 0.454 e. The van der Waals surface area contributed by atoms with E-state index in [2.05, 4.69) is 11.7 Å². The second kappa shape index (κ2) is 8.91.